The van der Waals surface area contributed by atoms with E-state index in [-0.39, 0.29) is 18.9 Å². The normalized spacial score (nSPS) is 10.7. The zero-order chi connectivity index (χ0) is 22.3. The van der Waals surface area contributed by atoms with Crippen LogP contribution in [-0.2, 0) is 17.8 Å². The van der Waals surface area contributed by atoms with E-state index in [2.05, 4.69) is 15.3 Å². The molecule has 0 unspecified atom stereocenters. The fraction of sp³-hybridized carbons (Fsp3) is 0.160. The Balaban J connectivity index is 1.31. The molecular formula is C25H22FN3O3. The predicted octanol–water partition coefficient (Wildman–Crippen LogP) is 5.23. The number of carbonyl (C=O) groups excluding carboxylic acids is 1. The van der Waals surface area contributed by atoms with E-state index in [1.54, 1.807) is 36.7 Å². The molecular weight excluding hydrogens is 409 g/mol. The third-order valence-electron chi connectivity index (χ3n) is 4.79. The van der Waals surface area contributed by atoms with Crippen molar-refractivity contribution in [1.82, 2.24) is 15.3 Å². The van der Waals surface area contributed by atoms with E-state index in [1.165, 1.54) is 17.7 Å². The van der Waals surface area contributed by atoms with Crippen LogP contribution >= 0.6 is 0 Å². The molecule has 0 bridgehead atoms. The minimum atomic E-state index is -0.398. The number of pyridine rings is 1. The molecule has 2 aromatic carbocycles. The average Bonchev–Trinajstić information content (AvgIpc) is 3.27. The molecule has 0 atom stereocenters. The number of hydrogen-bond acceptors (Lipinski definition) is 5. The van der Waals surface area contributed by atoms with Gasteiger partial charge in [-0.3, -0.25) is 4.79 Å². The van der Waals surface area contributed by atoms with Crippen LogP contribution in [0.5, 0.6) is 11.6 Å². The second-order valence-corrected chi connectivity index (χ2v) is 7.29. The second kappa shape index (κ2) is 9.87. The summed E-state index contributed by atoms with van der Waals surface area (Å²) in [6, 6.07) is 17.3. The topological polar surface area (TPSA) is 77.2 Å². The molecule has 0 fully saturated rings. The quantitative estimate of drug-likeness (QED) is 0.414. The summed E-state index contributed by atoms with van der Waals surface area (Å²) < 4.78 is 24.8. The van der Waals surface area contributed by atoms with Crippen LogP contribution in [0, 0.1) is 12.7 Å². The van der Waals surface area contributed by atoms with Crippen molar-refractivity contribution >= 4 is 5.91 Å². The van der Waals surface area contributed by atoms with Gasteiger partial charge in [-0.05, 0) is 25.1 Å². The number of carbonyl (C=O) groups is 1. The van der Waals surface area contributed by atoms with Crippen LogP contribution < -0.4 is 10.1 Å². The van der Waals surface area contributed by atoms with E-state index in [4.69, 9.17) is 9.15 Å². The zero-order valence-electron chi connectivity index (χ0n) is 17.5. The Hall–Kier alpha value is -4.00. The number of halogens is 1. The van der Waals surface area contributed by atoms with Crippen LogP contribution in [0.25, 0.3) is 11.3 Å². The van der Waals surface area contributed by atoms with E-state index < -0.39 is 5.82 Å². The van der Waals surface area contributed by atoms with Crippen molar-refractivity contribution in [1.29, 1.82) is 0 Å². The Morgan fingerprint density at radius 3 is 2.75 bits per heavy atom. The molecule has 7 heteroatoms. The van der Waals surface area contributed by atoms with Gasteiger partial charge in [0, 0.05) is 42.8 Å². The number of aryl methyl sites for hydroxylation is 2. The first kappa shape index (κ1) is 21.2. The van der Waals surface area contributed by atoms with E-state index in [9.17, 15) is 9.18 Å². The lowest BCUT2D eigenvalue weighted by Gasteiger charge is -2.10. The fourth-order valence-electron chi connectivity index (χ4n) is 3.07. The third kappa shape index (κ3) is 5.57. The molecule has 0 saturated heterocycles. The van der Waals surface area contributed by atoms with E-state index in [0.29, 0.717) is 35.3 Å². The van der Waals surface area contributed by atoms with Crippen molar-refractivity contribution < 1.29 is 18.3 Å². The summed E-state index contributed by atoms with van der Waals surface area (Å²) in [6.07, 6.45) is 3.86. The lowest BCUT2D eigenvalue weighted by atomic mass is 10.1. The van der Waals surface area contributed by atoms with Crippen molar-refractivity contribution in [3.05, 3.63) is 95.9 Å². The SMILES string of the molecule is Cc1ccc(-c2cnc(CCC(=O)NCc3cccnc3Oc3cccc(F)c3)o2)cc1. The van der Waals surface area contributed by atoms with Gasteiger partial charge in [0.2, 0.25) is 11.8 Å². The maximum atomic E-state index is 13.4. The van der Waals surface area contributed by atoms with Gasteiger partial charge in [0.05, 0.1) is 6.20 Å². The minimum absolute atomic E-state index is 0.152. The summed E-state index contributed by atoms with van der Waals surface area (Å²) >= 11 is 0. The Morgan fingerprint density at radius 2 is 1.94 bits per heavy atom. The summed E-state index contributed by atoms with van der Waals surface area (Å²) in [5.41, 5.74) is 2.80. The molecule has 0 saturated carbocycles. The Bertz CT molecular complexity index is 1210. The molecule has 0 aliphatic rings. The molecule has 6 nitrogen and oxygen atoms in total. The summed E-state index contributed by atoms with van der Waals surface area (Å²) in [5.74, 6) is 1.28. The zero-order valence-corrected chi connectivity index (χ0v) is 17.5. The van der Waals surface area contributed by atoms with Crippen molar-refractivity contribution in [2.75, 3.05) is 0 Å². The molecule has 0 aliphatic heterocycles. The van der Waals surface area contributed by atoms with Crippen LogP contribution in [-0.4, -0.2) is 15.9 Å². The van der Waals surface area contributed by atoms with Crippen LogP contribution in [0.15, 0.2) is 77.5 Å². The summed E-state index contributed by atoms with van der Waals surface area (Å²) in [4.78, 5) is 20.8. The molecule has 0 spiro atoms. The number of oxazole rings is 1. The number of amides is 1. The number of hydrogen-bond donors (Lipinski definition) is 1. The first-order valence-electron chi connectivity index (χ1n) is 10.2. The second-order valence-electron chi connectivity index (χ2n) is 7.29. The smallest absolute Gasteiger partial charge is 0.224 e. The van der Waals surface area contributed by atoms with Crippen molar-refractivity contribution in [3.8, 4) is 23.0 Å². The standard InChI is InChI=1S/C25H22FN3O3/c1-17-7-9-18(10-8-17)22-16-29-24(32-22)12-11-23(30)28-15-19-4-3-13-27-25(19)31-21-6-2-5-20(26)14-21/h2-10,13-14,16H,11-12,15H2,1H3,(H,28,30). The van der Waals surface area contributed by atoms with Gasteiger partial charge < -0.3 is 14.5 Å². The number of benzene rings is 2. The maximum Gasteiger partial charge on any atom is 0.224 e. The Morgan fingerprint density at radius 1 is 1.09 bits per heavy atom. The van der Waals surface area contributed by atoms with E-state index in [0.717, 1.165) is 5.56 Å². The highest BCUT2D eigenvalue weighted by Crippen LogP contribution is 2.24. The number of rotatable bonds is 8. The highest BCUT2D eigenvalue weighted by atomic mass is 19.1. The van der Waals surface area contributed by atoms with Gasteiger partial charge in [-0.2, -0.15) is 0 Å². The van der Waals surface area contributed by atoms with Gasteiger partial charge in [-0.1, -0.05) is 42.0 Å². The first-order chi connectivity index (χ1) is 15.6. The number of nitrogens with zero attached hydrogens (tertiary/aromatic N) is 2. The summed E-state index contributed by atoms with van der Waals surface area (Å²) in [5, 5.41) is 2.85. The molecule has 4 aromatic rings. The molecule has 2 heterocycles. The summed E-state index contributed by atoms with van der Waals surface area (Å²) in [7, 11) is 0. The lowest BCUT2D eigenvalue weighted by Crippen LogP contribution is -2.23. The lowest BCUT2D eigenvalue weighted by molar-refractivity contribution is -0.121. The molecule has 4 rings (SSSR count). The van der Waals surface area contributed by atoms with Gasteiger partial charge in [-0.25, -0.2) is 14.4 Å². The molecule has 32 heavy (non-hydrogen) atoms. The molecule has 0 radical (unpaired) electrons. The largest absolute Gasteiger partial charge is 0.441 e. The molecule has 0 aliphatic carbocycles. The minimum Gasteiger partial charge on any atom is -0.441 e. The third-order valence-corrected chi connectivity index (χ3v) is 4.79. The average molecular weight is 431 g/mol. The van der Waals surface area contributed by atoms with Crippen LogP contribution in [0.2, 0.25) is 0 Å². The Kier molecular flexibility index (Phi) is 6.55. The van der Waals surface area contributed by atoms with Gasteiger partial charge in [-0.15, -0.1) is 0 Å². The van der Waals surface area contributed by atoms with E-state index in [1.807, 2.05) is 31.2 Å². The number of nitrogens with one attached hydrogen (secondary N) is 1. The van der Waals surface area contributed by atoms with Crippen molar-refractivity contribution in [2.45, 2.75) is 26.3 Å². The van der Waals surface area contributed by atoms with Crippen LogP contribution in [0.3, 0.4) is 0 Å². The monoisotopic (exact) mass is 431 g/mol. The van der Waals surface area contributed by atoms with Gasteiger partial charge >= 0.3 is 0 Å². The van der Waals surface area contributed by atoms with Crippen LogP contribution in [0.1, 0.15) is 23.4 Å². The molecule has 1 amide bonds. The van der Waals surface area contributed by atoms with E-state index >= 15 is 0 Å². The van der Waals surface area contributed by atoms with Crippen molar-refractivity contribution in [3.63, 3.8) is 0 Å². The molecule has 1 N–H and O–H groups in total. The highest BCUT2D eigenvalue weighted by molar-refractivity contribution is 5.76. The Labute approximate surface area is 185 Å². The van der Waals surface area contributed by atoms with Crippen LogP contribution in [0.4, 0.5) is 4.39 Å². The summed E-state index contributed by atoms with van der Waals surface area (Å²) in [6.45, 7) is 2.26. The number of aromatic nitrogens is 2. The van der Waals surface area contributed by atoms with Gasteiger partial charge in [0.15, 0.2) is 11.7 Å². The first-order valence-corrected chi connectivity index (χ1v) is 10.2. The highest BCUT2D eigenvalue weighted by Gasteiger charge is 2.11. The fourth-order valence-corrected chi connectivity index (χ4v) is 3.07. The van der Waals surface area contributed by atoms with Gasteiger partial charge in [0.25, 0.3) is 0 Å². The van der Waals surface area contributed by atoms with Gasteiger partial charge in [0.1, 0.15) is 11.6 Å². The number of ether oxygens (including phenoxy) is 1. The van der Waals surface area contributed by atoms with Crippen molar-refractivity contribution in [2.24, 2.45) is 0 Å². The maximum absolute atomic E-state index is 13.4. The molecule has 2 aromatic heterocycles. The molecule has 162 valence electrons. The predicted molar refractivity (Wildman–Crippen MR) is 118 cm³/mol.